The van der Waals surface area contributed by atoms with E-state index in [1.165, 1.54) is 4.88 Å². The molecule has 142 valence electrons. The molecule has 4 nitrogen and oxygen atoms in total. The van der Waals surface area contributed by atoms with E-state index in [4.69, 9.17) is 23.2 Å². The van der Waals surface area contributed by atoms with E-state index in [2.05, 4.69) is 18.3 Å². The zero-order valence-corrected chi connectivity index (χ0v) is 17.6. The van der Waals surface area contributed by atoms with Gasteiger partial charge in [-0.2, -0.15) is 5.26 Å². The summed E-state index contributed by atoms with van der Waals surface area (Å²) in [4.78, 5) is 15.6. The van der Waals surface area contributed by atoms with Gasteiger partial charge in [0.2, 0.25) is 5.91 Å². The van der Waals surface area contributed by atoms with Crippen LogP contribution < -0.4 is 5.32 Å². The van der Waals surface area contributed by atoms with Crippen molar-refractivity contribution in [1.82, 2.24) is 4.90 Å². The Morgan fingerprint density at radius 2 is 2.22 bits per heavy atom. The second-order valence-corrected chi connectivity index (χ2v) is 8.99. The number of nitrogens with one attached hydrogen (secondary N) is 1. The van der Waals surface area contributed by atoms with Crippen molar-refractivity contribution in [2.75, 3.05) is 18.9 Å². The van der Waals surface area contributed by atoms with Gasteiger partial charge in [-0.3, -0.25) is 9.69 Å². The van der Waals surface area contributed by atoms with Gasteiger partial charge in [0.1, 0.15) is 11.1 Å². The second-order valence-electron chi connectivity index (χ2n) is 7.10. The Balaban J connectivity index is 1.66. The molecule has 7 heteroatoms. The zero-order valence-electron chi connectivity index (χ0n) is 15.3. The Bertz CT molecular complexity index is 903. The summed E-state index contributed by atoms with van der Waals surface area (Å²) in [6, 6.07) is 7.75. The standard InChI is InChI=1S/C20H21Cl2N3OS/c1-12-6-7-14-15(9-23)20(27-17(14)8-12)24-18(26)11-25(2)10-13-4-3-5-16(21)19(13)22/h3-5,12H,6-8,10-11H2,1-2H3,(H,24,26)/t12-/m0/s1. The van der Waals surface area contributed by atoms with E-state index in [0.29, 0.717) is 33.1 Å². The lowest BCUT2D eigenvalue weighted by Gasteiger charge is -2.17. The van der Waals surface area contributed by atoms with Crippen molar-refractivity contribution in [3.63, 3.8) is 0 Å². The van der Waals surface area contributed by atoms with E-state index < -0.39 is 0 Å². The molecule has 1 heterocycles. The van der Waals surface area contributed by atoms with Crippen LogP contribution >= 0.6 is 34.5 Å². The van der Waals surface area contributed by atoms with E-state index in [9.17, 15) is 10.1 Å². The van der Waals surface area contributed by atoms with Gasteiger partial charge in [-0.05, 0) is 49.4 Å². The fourth-order valence-corrected chi connectivity index (χ4v) is 5.14. The van der Waals surface area contributed by atoms with Gasteiger partial charge in [0.15, 0.2) is 0 Å². The highest BCUT2D eigenvalue weighted by atomic mass is 35.5. The lowest BCUT2D eigenvalue weighted by atomic mass is 9.89. The van der Waals surface area contributed by atoms with Gasteiger partial charge in [-0.15, -0.1) is 11.3 Å². The molecule has 0 aliphatic heterocycles. The van der Waals surface area contributed by atoms with E-state index in [1.54, 1.807) is 17.4 Å². The Morgan fingerprint density at radius 3 is 2.96 bits per heavy atom. The topological polar surface area (TPSA) is 56.1 Å². The molecular weight excluding hydrogens is 401 g/mol. The van der Waals surface area contributed by atoms with Crippen molar-refractivity contribution >= 4 is 45.4 Å². The summed E-state index contributed by atoms with van der Waals surface area (Å²) in [6.07, 6.45) is 2.99. The first-order valence-electron chi connectivity index (χ1n) is 8.85. The first-order chi connectivity index (χ1) is 12.9. The normalized spacial score (nSPS) is 16.1. The van der Waals surface area contributed by atoms with E-state index in [-0.39, 0.29) is 12.5 Å². The fraction of sp³-hybridized carbons (Fsp3) is 0.400. The van der Waals surface area contributed by atoms with E-state index >= 15 is 0 Å². The third kappa shape index (κ3) is 4.64. The summed E-state index contributed by atoms with van der Waals surface area (Å²) in [6.45, 7) is 2.94. The van der Waals surface area contributed by atoms with Crippen LogP contribution in [-0.4, -0.2) is 24.4 Å². The number of benzene rings is 1. The molecule has 0 spiro atoms. The van der Waals surface area contributed by atoms with Crippen molar-refractivity contribution < 1.29 is 4.79 Å². The average molecular weight is 422 g/mol. The molecule has 1 amide bonds. The van der Waals surface area contributed by atoms with Crippen LogP contribution in [0.25, 0.3) is 0 Å². The van der Waals surface area contributed by atoms with Crippen molar-refractivity contribution in [2.45, 2.75) is 32.7 Å². The minimum absolute atomic E-state index is 0.140. The molecule has 0 bridgehead atoms. The molecule has 0 unspecified atom stereocenters. The van der Waals surface area contributed by atoms with Gasteiger partial charge in [-0.25, -0.2) is 0 Å². The summed E-state index contributed by atoms with van der Waals surface area (Å²) < 4.78 is 0. The maximum Gasteiger partial charge on any atom is 0.239 e. The lowest BCUT2D eigenvalue weighted by Crippen LogP contribution is -2.29. The lowest BCUT2D eigenvalue weighted by molar-refractivity contribution is -0.117. The number of rotatable bonds is 5. The Labute approximate surface area is 173 Å². The number of fused-ring (bicyclic) bond motifs is 1. The van der Waals surface area contributed by atoms with Gasteiger partial charge in [-0.1, -0.05) is 42.3 Å². The van der Waals surface area contributed by atoms with E-state index in [1.807, 2.05) is 24.1 Å². The van der Waals surface area contributed by atoms with Crippen LogP contribution in [0.2, 0.25) is 10.0 Å². The number of nitriles is 1. The van der Waals surface area contributed by atoms with Crippen LogP contribution in [-0.2, 0) is 24.2 Å². The molecule has 27 heavy (non-hydrogen) atoms. The molecular formula is C20H21Cl2N3OS. The van der Waals surface area contributed by atoms with Crippen molar-refractivity contribution in [1.29, 1.82) is 5.26 Å². The van der Waals surface area contributed by atoms with E-state index in [0.717, 1.165) is 30.4 Å². The van der Waals surface area contributed by atoms with Gasteiger partial charge < -0.3 is 5.32 Å². The number of anilines is 1. The number of hydrogen-bond donors (Lipinski definition) is 1. The number of amides is 1. The van der Waals surface area contributed by atoms with Crippen molar-refractivity contribution in [3.05, 3.63) is 49.8 Å². The first-order valence-corrected chi connectivity index (χ1v) is 10.4. The van der Waals surface area contributed by atoms with Crippen LogP contribution in [0.1, 0.15) is 34.9 Å². The molecule has 0 radical (unpaired) electrons. The fourth-order valence-electron chi connectivity index (χ4n) is 3.39. The summed E-state index contributed by atoms with van der Waals surface area (Å²) >= 11 is 13.8. The predicted octanol–water partition coefficient (Wildman–Crippen LogP) is 5.12. The molecule has 0 fully saturated rings. The van der Waals surface area contributed by atoms with Crippen LogP contribution in [0.4, 0.5) is 5.00 Å². The Hall–Kier alpha value is -1.58. The van der Waals surface area contributed by atoms with Gasteiger partial charge >= 0.3 is 0 Å². The molecule has 3 rings (SSSR count). The largest absolute Gasteiger partial charge is 0.315 e. The first kappa shape index (κ1) is 20.2. The molecule has 1 atom stereocenters. The van der Waals surface area contributed by atoms with Crippen LogP contribution in [0.15, 0.2) is 18.2 Å². The highest BCUT2D eigenvalue weighted by molar-refractivity contribution is 7.16. The van der Waals surface area contributed by atoms with Gasteiger partial charge in [0.05, 0.1) is 22.2 Å². The number of likely N-dealkylation sites (N-methyl/N-ethyl adjacent to an activating group) is 1. The maximum atomic E-state index is 12.5. The number of thiophene rings is 1. The number of hydrogen-bond acceptors (Lipinski definition) is 4. The Morgan fingerprint density at radius 1 is 1.44 bits per heavy atom. The van der Waals surface area contributed by atoms with Crippen LogP contribution in [0.3, 0.4) is 0 Å². The Kier molecular flexibility index (Phi) is 6.44. The molecule has 1 aromatic carbocycles. The maximum absolute atomic E-state index is 12.5. The predicted molar refractivity (Wildman–Crippen MR) is 112 cm³/mol. The number of nitrogens with zero attached hydrogens (tertiary/aromatic N) is 2. The summed E-state index contributed by atoms with van der Waals surface area (Å²) in [5.41, 5.74) is 2.63. The summed E-state index contributed by atoms with van der Waals surface area (Å²) in [5.74, 6) is 0.485. The zero-order chi connectivity index (χ0) is 19.6. The molecule has 0 saturated heterocycles. The quantitative estimate of drug-likeness (QED) is 0.728. The number of carbonyl (C=O) groups excluding carboxylic acids is 1. The smallest absolute Gasteiger partial charge is 0.239 e. The molecule has 1 aliphatic carbocycles. The molecule has 1 N–H and O–H groups in total. The minimum Gasteiger partial charge on any atom is -0.315 e. The van der Waals surface area contributed by atoms with Crippen molar-refractivity contribution in [2.24, 2.45) is 5.92 Å². The van der Waals surface area contributed by atoms with Crippen LogP contribution in [0.5, 0.6) is 0 Å². The average Bonchev–Trinajstić information content (AvgIpc) is 2.94. The van der Waals surface area contributed by atoms with Crippen molar-refractivity contribution in [3.8, 4) is 6.07 Å². The third-order valence-corrected chi connectivity index (χ3v) is 6.79. The highest BCUT2D eigenvalue weighted by Gasteiger charge is 2.24. The number of carbonyl (C=O) groups is 1. The summed E-state index contributed by atoms with van der Waals surface area (Å²) in [7, 11) is 1.85. The summed E-state index contributed by atoms with van der Waals surface area (Å²) in [5, 5.41) is 14.2. The molecule has 1 aromatic heterocycles. The monoisotopic (exact) mass is 421 g/mol. The van der Waals surface area contributed by atoms with Crippen LogP contribution in [0, 0.1) is 17.2 Å². The minimum atomic E-state index is -0.140. The molecule has 1 aliphatic rings. The number of halogens is 2. The third-order valence-electron chi connectivity index (χ3n) is 4.76. The molecule has 2 aromatic rings. The second kappa shape index (κ2) is 8.62. The highest BCUT2D eigenvalue weighted by Crippen LogP contribution is 2.39. The molecule has 0 saturated carbocycles. The van der Waals surface area contributed by atoms with Gasteiger partial charge in [0.25, 0.3) is 0 Å². The SMILES string of the molecule is C[C@H]1CCc2c(sc(NC(=O)CN(C)Cc3cccc(Cl)c3Cl)c2C#N)C1. The van der Waals surface area contributed by atoms with Gasteiger partial charge in [0, 0.05) is 11.4 Å².